The molecule has 0 atom stereocenters. The second kappa shape index (κ2) is 6.27. The number of nitrogens with zero attached hydrogens (tertiary/aromatic N) is 3. The summed E-state index contributed by atoms with van der Waals surface area (Å²) in [7, 11) is 0. The number of nitrogen functional groups attached to an aromatic ring is 1. The van der Waals surface area contributed by atoms with E-state index in [1.54, 1.807) is 0 Å². The molecule has 0 saturated carbocycles. The fraction of sp³-hybridized carbons (Fsp3) is 0.294. The summed E-state index contributed by atoms with van der Waals surface area (Å²) in [6.45, 7) is 6.80. The van der Waals surface area contributed by atoms with E-state index in [4.69, 9.17) is 5.73 Å². The predicted molar refractivity (Wildman–Crippen MR) is 85.9 cm³/mol. The van der Waals surface area contributed by atoms with Crippen molar-refractivity contribution >= 4 is 11.5 Å². The van der Waals surface area contributed by atoms with Gasteiger partial charge in [0.1, 0.15) is 11.9 Å². The van der Waals surface area contributed by atoms with Crippen LogP contribution < -0.4 is 10.6 Å². The molecule has 0 fully saturated rings. The van der Waals surface area contributed by atoms with E-state index in [1.165, 1.54) is 0 Å². The van der Waals surface area contributed by atoms with Crippen LogP contribution >= 0.6 is 0 Å². The van der Waals surface area contributed by atoms with Crippen LogP contribution in [0.1, 0.15) is 30.7 Å². The smallest absolute Gasteiger partial charge is 0.147 e. The molecule has 0 aliphatic carbocycles. The number of benzene rings is 1. The standard InChI is InChI=1S/C17H20N4/c1-12(2)21(11-14-5-4-6-16(19)9-14)17-15(10-18)8-7-13(3)20-17/h4-9,12H,11,19H2,1-3H3. The predicted octanol–water partition coefficient (Wildman–Crippen LogP) is 3.26. The van der Waals surface area contributed by atoms with Crippen LogP contribution in [-0.2, 0) is 6.54 Å². The zero-order chi connectivity index (χ0) is 15.4. The summed E-state index contributed by atoms with van der Waals surface area (Å²) < 4.78 is 0. The average Bonchev–Trinajstić information content (AvgIpc) is 2.44. The first kappa shape index (κ1) is 14.9. The van der Waals surface area contributed by atoms with Gasteiger partial charge in [-0.2, -0.15) is 5.26 Å². The Bertz CT molecular complexity index is 671. The minimum atomic E-state index is 0.229. The van der Waals surface area contributed by atoms with E-state index in [-0.39, 0.29) is 6.04 Å². The maximum atomic E-state index is 9.31. The molecule has 2 aromatic rings. The number of anilines is 2. The van der Waals surface area contributed by atoms with Gasteiger partial charge in [0.25, 0.3) is 0 Å². The Kier molecular flexibility index (Phi) is 4.44. The zero-order valence-electron chi connectivity index (χ0n) is 12.7. The van der Waals surface area contributed by atoms with Gasteiger partial charge < -0.3 is 10.6 Å². The van der Waals surface area contributed by atoms with E-state index in [2.05, 4.69) is 29.8 Å². The number of pyridine rings is 1. The number of rotatable bonds is 4. The van der Waals surface area contributed by atoms with E-state index >= 15 is 0 Å². The fourth-order valence-corrected chi connectivity index (χ4v) is 2.24. The van der Waals surface area contributed by atoms with Crippen molar-refractivity contribution in [3.8, 4) is 6.07 Å². The second-order valence-electron chi connectivity index (χ2n) is 5.40. The highest BCUT2D eigenvalue weighted by molar-refractivity contribution is 5.55. The SMILES string of the molecule is Cc1ccc(C#N)c(N(Cc2cccc(N)c2)C(C)C)n1. The van der Waals surface area contributed by atoms with Gasteiger partial charge in [-0.25, -0.2) is 4.98 Å². The van der Waals surface area contributed by atoms with Crippen LogP contribution in [0.4, 0.5) is 11.5 Å². The molecular weight excluding hydrogens is 260 g/mol. The third-order valence-corrected chi connectivity index (χ3v) is 3.33. The van der Waals surface area contributed by atoms with Gasteiger partial charge >= 0.3 is 0 Å². The van der Waals surface area contributed by atoms with Gasteiger partial charge in [0, 0.05) is 24.0 Å². The maximum Gasteiger partial charge on any atom is 0.147 e. The lowest BCUT2D eigenvalue weighted by atomic mass is 10.1. The molecule has 0 saturated heterocycles. The summed E-state index contributed by atoms with van der Waals surface area (Å²) in [4.78, 5) is 6.68. The van der Waals surface area contributed by atoms with Gasteiger partial charge in [-0.05, 0) is 50.6 Å². The molecule has 0 bridgehead atoms. The summed E-state index contributed by atoms with van der Waals surface area (Å²) in [5.74, 6) is 0.731. The largest absolute Gasteiger partial charge is 0.399 e. The molecule has 108 valence electrons. The Balaban J connectivity index is 2.40. The number of nitriles is 1. The molecule has 0 spiro atoms. The molecular formula is C17H20N4. The summed E-state index contributed by atoms with van der Waals surface area (Å²) in [5, 5.41) is 9.31. The molecule has 0 radical (unpaired) electrons. The highest BCUT2D eigenvalue weighted by Gasteiger charge is 2.17. The third kappa shape index (κ3) is 3.51. The minimum Gasteiger partial charge on any atom is -0.399 e. The van der Waals surface area contributed by atoms with Crippen LogP contribution in [0.5, 0.6) is 0 Å². The lowest BCUT2D eigenvalue weighted by Crippen LogP contribution is -2.31. The van der Waals surface area contributed by atoms with Crippen molar-refractivity contribution in [1.82, 2.24) is 4.98 Å². The number of hydrogen-bond acceptors (Lipinski definition) is 4. The van der Waals surface area contributed by atoms with Crippen LogP contribution in [0, 0.1) is 18.3 Å². The number of aromatic nitrogens is 1. The van der Waals surface area contributed by atoms with Crippen molar-refractivity contribution < 1.29 is 0 Å². The van der Waals surface area contributed by atoms with E-state index in [0.717, 1.165) is 22.8 Å². The first-order valence-electron chi connectivity index (χ1n) is 7.00. The molecule has 0 aliphatic heterocycles. The Hall–Kier alpha value is -2.54. The van der Waals surface area contributed by atoms with Crippen LogP contribution in [0.15, 0.2) is 36.4 Å². The highest BCUT2D eigenvalue weighted by Crippen LogP contribution is 2.23. The van der Waals surface area contributed by atoms with Crippen LogP contribution in [0.3, 0.4) is 0 Å². The molecule has 1 heterocycles. The Labute approximate surface area is 125 Å². The van der Waals surface area contributed by atoms with E-state index < -0.39 is 0 Å². The van der Waals surface area contributed by atoms with E-state index in [1.807, 2.05) is 43.3 Å². The number of hydrogen-bond donors (Lipinski definition) is 1. The van der Waals surface area contributed by atoms with Crippen LogP contribution in [0.25, 0.3) is 0 Å². The molecule has 1 aromatic carbocycles. The molecule has 2 N–H and O–H groups in total. The lowest BCUT2D eigenvalue weighted by Gasteiger charge is -2.29. The van der Waals surface area contributed by atoms with Crippen molar-refractivity contribution in [2.45, 2.75) is 33.4 Å². The van der Waals surface area contributed by atoms with Gasteiger partial charge in [0.15, 0.2) is 0 Å². The second-order valence-corrected chi connectivity index (χ2v) is 5.40. The highest BCUT2D eigenvalue weighted by atomic mass is 15.2. The van der Waals surface area contributed by atoms with Crippen LogP contribution in [0.2, 0.25) is 0 Å². The fourth-order valence-electron chi connectivity index (χ4n) is 2.24. The summed E-state index contributed by atoms with van der Waals surface area (Å²) >= 11 is 0. The zero-order valence-corrected chi connectivity index (χ0v) is 12.7. The van der Waals surface area contributed by atoms with Gasteiger partial charge in [-0.1, -0.05) is 12.1 Å². The maximum absolute atomic E-state index is 9.31. The molecule has 4 nitrogen and oxygen atoms in total. The lowest BCUT2D eigenvalue weighted by molar-refractivity contribution is 0.670. The molecule has 2 rings (SSSR count). The van der Waals surface area contributed by atoms with Crippen molar-refractivity contribution in [3.05, 3.63) is 53.2 Å². The van der Waals surface area contributed by atoms with Gasteiger partial charge in [0.2, 0.25) is 0 Å². The molecule has 1 aromatic heterocycles. The van der Waals surface area contributed by atoms with Gasteiger partial charge in [-0.3, -0.25) is 0 Å². The molecule has 0 amide bonds. The van der Waals surface area contributed by atoms with Gasteiger partial charge in [-0.15, -0.1) is 0 Å². The van der Waals surface area contributed by atoms with E-state index in [0.29, 0.717) is 12.1 Å². The molecule has 4 heteroatoms. The molecule has 0 aliphatic rings. The number of aryl methyl sites for hydroxylation is 1. The first-order chi connectivity index (χ1) is 10.0. The molecule has 21 heavy (non-hydrogen) atoms. The number of nitrogens with two attached hydrogens (primary N) is 1. The first-order valence-corrected chi connectivity index (χ1v) is 7.00. The van der Waals surface area contributed by atoms with Crippen molar-refractivity contribution in [3.63, 3.8) is 0 Å². The van der Waals surface area contributed by atoms with Crippen LogP contribution in [-0.4, -0.2) is 11.0 Å². The van der Waals surface area contributed by atoms with Gasteiger partial charge in [0.05, 0.1) is 5.56 Å². The average molecular weight is 280 g/mol. The Morgan fingerprint density at radius 3 is 2.67 bits per heavy atom. The molecule has 0 unspecified atom stereocenters. The normalized spacial score (nSPS) is 10.4. The quantitative estimate of drug-likeness (QED) is 0.873. The summed E-state index contributed by atoms with van der Waals surface area (Å²) in [5.41, 5.74) is 9.19. The Morgan fingerprint density at radius 1 is 1.29 bits per heavy atom. The Morgan fingerprint density at radius 2 is 2.05 bits per heavy atom. The van der Waals surface area contributed by atoms with Crippen molar-refractivity contribution in [2.75, 3.05) is 10.6 Å². The minimum absolute atomic E-state index is 0.229. The van der Waals surface area contributed by atoms with Crippen molar-refractivity contribution in [1.29, 1.82) is 5.26 Å². The van der Waals surface area contributed by atoms with E-state index in [9.17, 15) is 5.26 Å². The topological polar surface area (TPSA) is 65.9 Å². The third-order valence-electron chi connectivity index (χ3n) is 3.33. The summed E-state index contributed by atoms with van der Waals surface area (Å²) in [6.07, 6.45) is 0. The summed E-state index contributed by atoms with van der Waals surface area (Å²) in [6, 6.07) is 13.9. The van der Waals surface area contributed by atoms with Crippen molar-refractivity contribution in [2.24, 2.45) is 0 Å². The monoisotopic (exact) mass is 280 g/mol.